The molecule has 1 unspecified atom stereocenters. The van der Waals surface area contributed by atoms with Gasteiger partial charge in [0.25, 0.3) is 0 Å². The average Bonchev–Trinajstić information content (AvgIpc) is 3.49. The number of hydrogen-bond donors (Lipinski definition) is 0. The van der Waals surface area contributed by atoms with Crippen LogP contribution in [0.25, 0.3) is 0 Å². The Bertz CT molecular complexity index is 937. The van der Waals surface area contributed by atoms with Gasteiger partial charge in [-0.05, 0) is 68.9 Å². The predicted octanol–water partition coefficient (Wildman–Crippen LogP) is 5.20. The maximum atomic E-state index is 6.52. The normalized spacial score (nSPS) is 27.2. The fourth-order valence-electron chi connectivity index (χ4n) is 6.31. The van der Waals surface area contributed by atoms with Gasteiger partial charge in [-0.1, -0.05) is 25.5 Å². The minimum Gasteiger partial charge on any atom is -0.381 e. The molecule has 0 amide bonds. The third kappa shape index (κ3) is 5.28. The fourth-order valence-corrected chi connectivity index (χ4v) is 7.48. The first-order chi connectivity index (χ1) is 16.6. The third-order valence-corrected chi connectivity index (χ3v) is 9.78. The molecule has 3 aliphatic rings. The van der Waals surface area contributed by atoms with Gasteiger partial charge in [0, 0.05) is 61.3 Å². The molecular formula is C27H42N4O2S. The lowest BCUT2D eigenvalue weighted by Crippen LogP contribution is -2.50. The van der Waals surface area contributed by atoms with E-state index in [-0.39, 0.29) is 5.60 Å². The molecule has 1 spiro atoms. The van der Waals surface area contributed by atoms with Gasteiger partial charge in [0.2, 0.25) is 0 Å². The summed E-state index contributed by atoms with van der Waals surface area (Å²) < 4.78 is 14.2. The molecule has 3 aliphatic heterocycles. The number of ether oxygens (including phenoxy) is 2. The van der Waals surface area contributed by atoms with Gasteiger partial charge >= 0.3 is 0 Å². The summed E-state index contributed by atoms with van der Waals surface area (Å²) >= 11 is 2.01. The number of piperidine rings is 1. The summed E-state index contributed by atoms with van der Waals surface area (Å²) in [5.41, 5.74) is 2.51. The van der Waals surface area contributed by atoms with Crippen LogP contribution in [-0.2, 0) is 41.0 Å². The van der Waals surface area contributed by atoms with Crippen molar-refractivity contribution < 1.29 is 9.47 Å². The first-order valence-electron chi connectivity index (χ1n) is 13.6. The lowest BCUT2D eigenvalue weighted by atomic mass is 9.79. The van der Waals surface area contributed by atoms with Crippen molar-refractivity contribution in [1.29, 1.82) is 0 Å². The summed E-state index contributed by atoms with van der Waals surface area (Å²) in [5, 5.41) is 9.06. The highest BCUT2D eigenvalue weighted by Crippen LogP contribution is 2.46. The molecule has 5 rings (SSSR count). The van der Waals surface area contributed by atoms with E-state index in [1.54, 1.807) is 4.88 Å². The molecule has 34 heavy (non-hydrogen) atoms. The molecule has 2 aromatic heterocycles. The van der Waals surface area contributed by atoms with Crippen LogP contribution >= 0.6 is 11.3 Å². The van der Waals surface area contributed by atoms with Crippen LogP contribution in [0.15, 0.2) is 12.3 Å². The number of thiophene rings is 1. The Balaban J connectivity index is 1.18. The quantitative estimate of drug-likeness (QED) is 0.513. The van der Waals surface area contributed by atoms with Crippen molar-refractivity contribution >= 4 is 11.3 Å². The van der Waals surface area contributed by atoms with Crippen molar-refractivity contribution in [3.8, 4) is 0 Å². The number of likely N-dealkylation sites (tertiary alicyclic amines) is 1. The number of nitrogens with zero attached hydrogens (tertiary/aromatic N) is 4. The second kappa shape index (κ2) is 10.8. The first-order valence-corrected chi connectivity index (χ1v) is 14.4. The van der Waals surface area contributed by atoms with Gasteiger partial charge in [0.15, 0.2) is 0 Å². The highest BCUT2D eigenvalue weighted by atomic mass is 32.1. The summed E-state index contributed by atoms with van der Waals surface area (Å²) in [6.07, 6.45) is 11.4. The minimum atomic E-state index is -0.0798. The fraction of sp³-hybridized carbons (Fsp3) is 0.778. The van der Waals surface area contributed by atoms with Gasteiger partial charge in [-0.3, -0.25) is 9.58 Å². The maximum Gasteiger partial charge on any atom is 0.0969 e. The minimum absolute atomic E-state index is 0.0798. The number of rotatable bonds is 8. The molecule has 0 aromatic carbocycles. The second-order valence-electron chi connectivity index (χ2n) is 10.8. The van der Waals surface area contributed by atoms with Gasteiger partial charge in [0.1, 0.15) is 0 Å². The molecule has 188 valence electrons. The highest BCUT2D eigenvalue weighted by Gasteiger charge is 2.44. The first kappa shape index (κ1) is 24.4. The van der Waals surface area contributed by atoms with Crippen LogP contribution in [0.4, 0.5) is 0 Å². The van der Waals surface area contributed by atoms with Crippen LogP contribution in [0.5, 0.6) is 0 Å². The second-order valence-corrected chi connectivity index (χ2v) is 12.0. The van der Waals surface area contributed by atoms with Crippen molar-refractivity contribution in [3.05, 3.63) is 33.3 Å². The van der Waals surface area contributed by atoms with E-state index in [4.69, 9.17) is 9.47 Å². The van der Waals surface area contributed by atoms with Crippen molar-refractivity contribution in [3.63, 3.8) is 0 Å². The molecule has 0 radical (unpaired) electrons. The molecule has 0 bridgehead atoms. The lowest BCUT2D eigenvalue weighted by molar-refractivity contribution is -0.112. The largest absolute Gasteiger partial charge is 0.381 e. The van der Waals surface area contributed by atoms with Crippen molar-refractivity contribution in [2.45, 2.75) is 96.9 Å². The maximum absolute atomic E-state index is 6.52. The molecule has 6 nitrogen and oxygen atoms in total. The van der Waals surface area contributed by atoms with Gasteiger partial charge in [-0.25, -0.2) is 0 Å². The van der Waals surface area contributed by atoms with E-state index in [2.05, 4.69) is 52.9 Å². The van der Waals surface area contributed by atoms with E-state index in [1.165, 1.54) is 36.1 Å². The van der Waals surface area contributed by atoms with E-state index < -0.39 is 0 Å². The zero-order chi connectivity index (χ0) is 23.5. The van der Waals surface area contributed by atoms with Crippen LogP contribution in [0.1, 0.15) is 80.3 Å². The Morgan fingerprint density at radius 3 is 2.85 bits per heavy atom. The summed E-state index contributed by atoms with van der Waals surface area (Å²) in [6.45, 7) is 12.6. The van der Waals surface area contributed by atoms with E-state index in [0.29, 0.717) is 12.0 Å². The van der Waals surface area contributed by atoms with Crippen LogP contribution in [-0.4, -0.2) is 52.3 Å². The monoisotopic (exact) mass is 486 g/mol. The van der Waals surface area contributed by atoms with Gasteiger partial charge in [0.05, 0.1) is 17.9 Å². The molecule has 7 heteroatoms. The van der Waals surface area contributed by atoms with E-state index in [9.17, 15) is 0 Å². The van der Waals surface area contributed by atoms with Gasteiger partial charge in [-0.15, -0.1) is 16.4 Å². The number of hydrogen-bond acceptors (Lipinski definition) is 6. The predicted molar refractivity (Wildman–Crippen MR) is 136 cm³/mol. The van der Waals surface area contributed by atoms with E-state index in [0.717, 1.165) is 76.8 Å². The summed E-state index contributed by atoms with van der Waals surface area (Å²) in [5.74, 6) is 1.48. The molecule has 3 atom stereocenters. The highest BCUT2D eigenvalue weighted by molar-refractivity contribution is 7.12. The molecular weight excluding hydrogens is 444 g/mol. The van der Waals surface area contributed by atoms with Gasteiger partial charge < -0.3 is 9.47 Å². The molecule has 2 aromatic rings. The van der Waals surface area contributed by atoms with E-state index in [1.807, 2.05) is 11.3 Å². The van der Waals surface area contributed by atoms with E-state index >= 15 is 0 Å². The molecule has 0 N–H and O–H groups in total. The van der Waals surface area contributed by atoms with Crippen molar-refractivity contribution in [2.75, 3.05) is 26.4 Å². The standard InChI is InChI=1S/C27H42N4O2S/c1-4-21(14-22-6-11-32-12-7-22)17-31-19-23(28-29-31)18-30-10-9-27(16-20(30)3)25-15-24(5-2)34-26(25)8-13-33-27/h15,19-22H,4-14,16-18H2,1-3H3/t20-,21?,27+/m0/s1. The summed E-state index contributed by atoms with van der Waals surface area (Å²) in [4.78, 5) is 5.64. The molecule has 0 saturated carbocycles. The SMILES string of the molecule is CCc1cc2c(s1)CCO[C@@]21CCN(Cc2cn(CC(CC)CC3CCOCC3)nn2)[C@@H](C)C1. The molecule has 2 saturated heterocycles. The average molecular weight is 487 g/mol. The van der Waals surface area contributed by atoms with Crippen molar-refractivity contribution in [1.82, 2.24) is 19.9 Å². The van der Waals surface area contributed by atoms with Gasteiger partial charge in [-0.2, -0.15) is 0 Å². The Kier molecular flexibility index (Phi) is 7.73. The smallest absolute Gasteiger partial charge is 0.0969 e. The Hall–Kier alpha value is -1.28. The lowest BCUT2D eigenvalue weighted by Gasteiger charge is -2.47. The topological polar surface area (TPSA) is 52.4 Å². The number of aromatic nitrogens is 3. The third-order valence-electron chi connectivity index (χ3n) is 8.44. The number of aryl methyl sites for hydroxylation is 1. The molecule has 2 fully saturated rings. The summed E-state index contributed by atoms with van der Waals surface area (Å²) in [6, 6.07) is 2.91. The Morgan fingerprint density at radius 1 is 1.24 bits per heavy atom. The van der Waals surface area contributed by atoms with Crippen LogP contribution in [0.3, 0.4) is 0 Å². The molecule has 5 heterocycles. The van der Waals surface area contributed by atoms with Crippen LogP contribution in [0.2, 0.25) is 0 Å². The van der Waals surface area contributed by atoms with Crippen LogP contribution < -0.4 is 0 Å². The molecule has 0 aliphatic carbocycles. The zero-order valence-electron chi connectivity index (χ0n) is 21.3. The van der Waals surface area contributed by atoms with Crippen molar-refractivity contribution in [2.24, 2.45) is 11.8 Å². The summed E-state index contributed by atoms with van der Waals surface area (Å²) in [7, 11) is 0. The number of fused-ring (bicyclic) bond motifs is 2. The van der Waals surface area contributed by atoms with Crippen LogP contribution in [0, 0.1) is 11.8 Å². The Morgan fingerprint density at radius 2 is 2.09 bits per heavy atom. The zero-order valence-corrected chi connectivity index (χ0v) is 22.1. The Labute approximate surface area is 209 Å².